The summed E-state index contributed by atoms with van der Waals surface area (Å²) < 4.78 is 6.13. The maximum absolute atomic E-state index is 6.13. The minimum atomic E-state index is 0.596. The van der Waals surface area contributed by atoms with E-state index in [2.05, 4.69) is 36.2 Å². The number of rotatable bonds is 3. The molecular formula is C20H21NO. The molecule has 0 saturated carbocycles. The molecule has 2 heteroatoms. The van der Waals surface area contributed by atoms with Crippen LogP contribution in [-0.2, 0) is 0 Å². The van der Waals surface area contributed by atoms with Crippen molar-refractivity contribution in [3.63, 3.8) is 0 Å². The van der Waals surface area contributed by atoms with Gasteiger partial charge in [-0.05, 0) is 50.1 Å². The molecule has 112 valence electrons. The first-order valence-electron chi connectivity index (χ1n) is 8.06. The van der Waals surface area contributed by atoms with Crippen LogP contribution in [0.1, 0.15) is 24.8 Å². The van der Waals surface area contributed by atoms with Crippen molar-refractivity contribution in [2.45, 2.75) is 31.3 Å². The van der Waals surface area contributed by atoms with Crippen LogP contribution in [0.4, 0.5) is 0 Å². The lowest BCUT2D eigenvalue weighted by molar-refractivity contribution is 0.264. The second kappa shape index (κ2) is 5.62. The van der Waals surface area contributed by atoms with Crippen LogP contribution in [0, 0.1) is 0 Å². The van der Waals surface area contributed by atoms with Gasteiger partial charge in [0.15, 0.2) is 0 Å². The monoisotopic (exact) mass is 291 g/mol. The molecular weight excluding hydrogens is 270 g/mol. The van der Waals surface area contributed by atoms with Crippen molar-refractivity contribution in [2.24, 2.45) is 0 Å². The van der Waals surface area contributed by atoms with E-state index in [4.69, 9.17) is 4.74 Å². The van der Waals surface area contributed by atoms with Gasteiger partial charge in [-0.15, -0.1) is 0 Å². The summed E-state index contributed by atoms with van der Waals surface area (Å²) in [5.74, 6) is 1.86. The zero-order valence-corrected chi connectivity index (χ0v) is 12.9. The summed E-state index contributed by atoms with van der Waals surface area (Å²) in [5, 5.41) is 0. The largest absolute Gasteiger partial charge is 0.457 e. The van der Waals surface area contributed by atoms with E-state index in [9.17, 15) is 0 Å². The van der Waals surface area contributed by atoms with Crippen molar-refractivity contribution in [2.75, 3.05) is 7.05 Å². The number of likely N-dealkylation sites (N-methyl/N-ethyl adjacent to an activating group) is 1. The Morgan fingerprint density at radius 3 is 2.55 bits per heavy atom. The predicted molar refractivity (Wildman–Crippen MR) is 90.1 cm³/mol. The van der Waals surface area contributed by atoms with Crippen molar-refractivity contribution in [3.8, 4) is 11.5 Å². The number of para-hydroxylation sites is 2. The smallest absolute Gasteiger partial charge is 0.134 e. The lowest BCUT2D eigenvalue weighted by Crippen LogP contribution is -2.34. The topological polar surface area (TPSA) is 12.5 Å². The zero-order chi connectivity index (χ0) is 14.9. The summed E-state index contributed by atoms with van der Waals surface area (Å²) in [6.07, 6.45) is 6.16. The Morgan fingerprint density at radius 1 is 0.955 bits per heavy atom. The van der Waals surface area contributed by atoms with E-state index in [1.165, 1.54) is 24.0 Å². The van der Waals surface area contributed by atoms with E-state index < -0.39 is 0 Å². The third-order valence-electron chi connectivity index (χ3n) is 4.95. The molecule has 2 aliphatic rings. The summed E-state index contributed by atoms with van der Waals surface area (Å²) in [5.41, 5.74) is 2.69. The van der Waals surface area contributed by atoms with Gasteiger partial charge in [-0.1, -0.05) is 42.5 Å². The maximum atomic E-state index is 6.13. The molecule has 0 amide bonds. The van der Waals surface area contributed by atoms with Crippen molar-refractivity contribution >= 4 is 5.57 Å². The standard InChI is InChI=1S/C20H21NO/c1-21-16-11-12-17(21)14-15(13-16)19-9-5-6-10-20(19)22-18-7-3-2-4-8-18/h2-10,13,16-17H,11-12,14H2,1H3. The van der Waals surface area contributed by atoms with Gasteiger partial charge in [-0.3, -0.25) is 4.90 Å². The average molecular weight is 291 g/mol. The molecule has 22 heavy (non-hydrogen) atoms. The number of benzene rings is 2. The highest BCUT2D eigenvalue weighted by molar-refractivity contribution is 5.73. The molecule has 2 nitrogen and oxygen atoms in total. The average Bonchev–Trinajstić information content (AvgIpc) is 2.77. The van der Waals surface area contributed by atoms with Crippen LogP contribution < -0.4 is 4.74 Å². The first-order valence-corrected chi connectivity index (χ1v) is 8.06. The minimum Gasteiger partial charge on any atom is -0.457 e. The van der Waals surface area contributed by atoms with Crippen molar-refractivity contribution < 1.29 is 4.74 Å². The first kappa shape index (κ1) is 13.6. The molecule has 2 aromatic carbocycles. The van der Waals surface area contributed by atoms with Crippen LogP contribution in [-0.4, -0.2) is 24.0 Å². The molecule has 1 fully saturated rings. The van der Waals surface area contributed by atoms with Gasteiger partial charge >= 0.3 is 0 Å². The number of hydrogen-bond acceptors (Lipinski definition) is 2. The van der Waals surface area contributed by atoms with Crippen molar-refractivity contribution in [1.82, 2.24) is 4.90 Å². The summed E-state index contributed by atoms with van der Waals surface area (Å²) in [6.45, 7) is 0. The number of fused-ring (bicyclic) bond motifs is 2. The lowest BCUT2D eigenvalue weighted by Gasteiger charge is -2.31. The van der Waals surface area contributed by atoms with Gasteiger partial charge in [-0.25, -0.2) is 0 Å². The third-order valence-corrected chi connectivity index (χ3v) is 4.95. The molecule has 0 N–H and O–H groups in total. The van der Waals surface area contributed by atoms with Gasteiger partial charge in [0.2, 0.25) is 0 Å². The second-order valence-corrected chi connectivity index (χ2v) is 6.27. The maximum Gasteiger partial charge on any atom is 0.134 e. The Bertz CT molecular complexity index is 692. The Kier molecular flexibility index (Phi) is 3.47. The highest BCUT2D eigenvalue weighted by Gasteiger charge is 2.34. The molecule has 0 spiro atoms. The number of hydrogen-bond donors (Lipinski definition) is 0. The molecule has 4 rings (SSSR count). The highest BCUT2D eigenvalue weighted by Crippen LogP contribution is 2.40. The molecule has 2 heterocycles. The second-order valence-electron chi connectivity index (χ2n) is 6.27. The quantitative estimate of drug-likeness (QED) is 0.810. The first-order chi connectivity index (χ1) is 10.8. The van der Waals surface area contributed by atoms with Crippen LogP contribution in [0.25, 0.3) is 5.57 Å². The highest BCUT2D eigenvalue weighted by atomic mass is 16.5. The van der Waals surface area contributed by atoms with Crippen LogP contribution in [0.3, 0.4) is 0 Å². The van der Waals surface area contributed by atoms with Crippen LogP contribution in [0.15, 0.2) is 60.7 Å². The van der Waals surface area contributed by atoms with Crippen molar-refractivity contribution in [1.29, 1.82) is 0 Å². The van der Waals surface area contributed by atoms with Crippen LogP contribution in [0.5, 0.6) is 11.5 Å². The molecule has 1 saturated heterocycles. The van der Waals surface area contributed by atoms with Gasteiger partial charge in [0, 0.05) is 17.6 Å². The van der Waals surface area contributed by atoms with Gasteiger partial charge in [0.05, 0.1) is 0 Å². The van der Waals surface area contributed by atoms with Crippen LogP contribution in [0.2, 0.25) is 0 Å². The number of ether oxygens (including phenoxy) is 1. The molecule has 2 aliphatic heterocycles. The summed E-state index contributed by atoms with van der Waals surface area (Å²) >= 11 is 0. The van der Waals surface area contributed by atoms with Gasteiger partial charge in [-0.2, -0.15) is 0 Å². The molecule has 0 aliphatic carbocycles. The SMILES string of the molecule is CN1C2C=C(c3ccccc3Oc3ccccc3)CC1CC2. The fourth-order valence-electron chi connectivity index (χ4n) is 3.68. The van der Waals surface area contributed by atoms with E-state index in [-0.39, 0.29) is 0 Å². The predicted octanol–water partition coefficient (Wildman–Crippen LogP) is 4.73. The van der Waals surface area contributed by atoms with Gasteiger partial charge in [0.25, 0.3) is 0 Å². The minimum absolute atomic E-state index is 0.596. The third kappa shape index (κ3) is 2.44. The molecule has 0 radical (unpaired) electrons. The normalized spacial score (nSPS) is 24.1. The Hall–Kier alpha value is -2.06. The van der Waals surface area contributed by atoms with Gasteiger partial charge < -0.3 is 4.74 Å². The summed E-state index contributed by atoms with van der Waals surface area (Å²) in [7, 11) is 2.25. The van der Waals surface area contributed by atoms with Crippen molar-refractivity contribution in [3.05, 3.63) is 66.2 Å². The molecule has 2 unspecified atom stereocenters. The molecule has 0 aromatic heterocycles. The summed E-state index contributed by atoms with van der Waals surface area (Å²) in [6, 6.07) is 19.7. The Morgan fingerprint density at radius 2 is 1.73 bits per heavy atom. The van der Waals surface area contributed by atoms with E-state index in [0.717, 1.165) is 17.9 Å². The number of nitrogens with zero attached hydrogens (tertiary/aromatic N) is 1. The molecule has 2 bridgehead atoms. The Labute approximate surface area is 132 Å². The molecule has 2 aromatic rings. The van der Waals surface area contributed by atoms with E-state index >= 15 is 0 Å². The van der Waals surface area contributed by atoms with E-state index in [1.54, 1.807) is 0 Å². The Balaban J connectivity index is 1.67. The summed E-state index contributed by atoms with van der Waals surface area (Å²) in [4.78, 5) is 2.52. The van der Waals surface area contributed by atoms with Crippen LogP contribution >= 0.6 is 0 Å². The fraction of sp³-hybridized carbons (Fsp3) is 0.300. The zero-order valence-electron chi connectivity index (χ0n) is 12.9. The van der Waals surface area contributed by atoms with Gasteiger partial charge in [0.1, 0.15) is 11.5 Å². The molecule has 2 atom stereocenters. The fourth-order valence-corrected chi connectivity index (χ4v) is 3.68. The van der Waals surface area contributed by atoms with E-state index in [1.807, 2.05) is 36.4 Å². The lowest BCUT2D eigenvalue weighted by atomic mass is 9.94. The van der Waals surface area contributed by atoms with E-state index in [0.29, 0.717) is 12.1 Å².